The summed E-state index contributed by atoms with van der Waals surface area (Å²) in [5.74, 6) is -0.143. The van der Waals surface area contributed by atoms with Gasteiger partial charge in [-0.15, -0.1) is 0 Å². The lowest BCUT2D eigenvalue weighted by molar-refractivity contribution is -0.123. The van der Waals surface area contributed by atoms with Crippen molar-refractivity contribution in [2.75, 3.05) is 13.1 Å². The van der Waals surface area contributed by atoms with Crippen molar-refractivity contribution in [3.8, 4) is 0 Å². The predicted molar refractivity (Wildman–Crippen MR) is 79.7 cm³/mol. The minimum Gasteiger partial charge on any atom is -0.355 e. The zero-order chi connectivity index (χ0) is 14.7. The van der Waals surface area contributed by atoms with Crippen LogP contribution in [0.15, 0.2) is 24.3 Å². The van der Waals surface area contributed by atoms with Gasteiger partial charge in [0, 0.05) is 32.1 Å². The van der Waals surface area contributed by atoms with E-state index in [-0.39, 0.29) is 17.7 Å². The lowest BCUT2D eigenvalue weighted by Crippen LogP contribution is -2.40. The van der Waals surface area contributed by atoms with Crippen LogP contribution in [0.25, 0.3) is 0 Å². The summed E-state index contributed by atoms with van der Waals surface area (Å²) in [6.45, 7) is 1.86. The number of rotatable bonds is 5. The number of carbonyl (C=O) groups excluding carboxylic acids is 2. The van der Waals surface area contributed by atoms with Crippen molar-refractivity contribution in [2.45, 2.75) is 37.8 Å². The number of carbonyl (C=O) groups is 2. The van der Waals surface area contributed by atoms with E-state index in [0.717, 1.165) is 24.9 Å². The van der Waals surface area contributed by atoms with E-state index in [0.29, 0.717) is 25.6 Å². The van der Waals surface area contributed by atoms with Crippen LogP contribution in [0.3, 0.4) is 0 Å². The van der Waals surface area contributed by atoms with Gasteiger partial charge < -0.3 is 16.0 Å². The Balaban J connectivity index is 1.50. The van der Waals surface area contributed by atoms with Gasteiger partial charge in [-0.25, -0.2) is 0 Å². The fourth-order valence-electron chi connectivity index (χ4n) is 2.68. The van der Waals surface area contributed by atoms with Gasteiger partial charge in [-0.2, -0.15) is 0 Å². The Kier molecular flexibility index (Phi) is 4.20. The van der Waals surface area contributed by atoms with Crippen molar-refractivity contribution in [1.29, 1.82) is 0 Å². The molecule has 0 saturated heterocycles. The highest BCUT2D eigenvalue weighted by Gasteiger charge is 2.26. The van der Waals surface area contributed by atoms with Crippen LogP contribution in [-0.4, -0.2) is 30.9 Å². The molecule has 2 aliphatic rings. The van der Waals surface area contributed by atoms with E-state index in [9.17, 15) is 9.59 Å². The molecule has 21 heavy (non-hydrogen) atoms. The maximum absolute atomic E-state index is 12.3. The Bertz CT molecular complexity index is 540. The molecule has 1 heterocycles. The van der Waals surface area contributed by atoms with E-state index < -0.39 is 0 Å². The fourth-order valence-corrected chi connectivity index (χ4v) is 2.68. The van der Waals surface area contributed by atoms with E-state index in [1.54, 1.807) is 0 Å². The Labute approximate surface area is 124 Å². The van der Waals surface area contributed by atoms with Gasteiger partial charge in [0.25, 0.3) is 0 Å². The minimum atomic E-state index is -0.165. The van der Waals surface area contributed by atoms with E-state index in [1.807, 2.05) is 24.3 Å². The molecule has 1 saturated carbocycles. The third-order valence-corrected chi connectivity index (χ3v) is 4.00. The molecule has 1 aliphatic carbocycles. The summed E-state index contributed by atoms with van der Waals surface area (Å²) in [7, 11) is 0. The smallest absolute Gasteiger partial charge is 0.228 e. The summed E-state index contributed by atoms with van der Waals surface area (Å²) < 4.78 is 0. The van der Waals surface area contributed by atoms with Crippen molar-refractivity contribution in [3.63, 3.8) is 0 Å². The van der Waals surface area contributed by atoms with E-state index in [1.165, 1.54) is 5.56 Å². The maximum Gasteiger partial charge on any atom is 0.228 e. The molecule has 0 bridgehead atoms. The van der Waals surface area contributed by atoms with Gasteiger partial charge in [0.05, 0.1) is 5.92 Å². The molecular weight excluding hydrogens is 266 g/mol. The summed E-state index contributed by atoms with van der Waals surface area (Å²) in [5, 5.41) is 9.06. The molecule has 5 nitrogen and oxygen atoms in total. The van der Waals surface area contributed by atoms with Gasteiger partial charge in [0.1, 0.15) is 0 Å². The second kappa shape index (κ2) is 6.26. The predicted octanol–water partition coefficient (Wildman–Crippen LogP) is 0.658. The molecule has 1 aromatic carbocycles. The molecule has 0 spiro atoms. The molecule has 0 radical (unpaired) electrons. The first kappa shape index (κ1) is 14.1. The number of benzene rings is 1. The summed E-state index contributed by atoms with van der Waals surface area (Å²) >= 11 is 0. The van der Waals surface area contributed by atoms with E-state index in [2.05, 4.69) is 16.0 Å². The highest BCUT2D eigenvalue weighted by molar-refractivity contribution is 5.85. The molecule has 3 N–H and O–H groups in total. The zero-order valence-corrected chi connectivity index (χ0v) is 12.0. The average molecular weight is 287 g/mol. The Morgan fingerprint density at radius 3 is 2.86 bits per heavy atom. The van der Waals surface area contributed by atoms with Gasteiger partial charge in [-0.3, -0.25) is 9.59 Å². The molecule has 1 unspecified atom stereocenters. The van der Waals surface area contributed by atoms with Gasteiger partial charge in [0.15, 0.2) is 0 Å². The minimum absolute atomic E-state index is 0.00567. The van der Waals surface area contributed by atoms with Crippen LogP contribution in [0.1, 0.15) is 36.3 Å². The van der Waals surface area contributed by atoms with Crippen LogP contribution in [0, 0.1) is 0 Å². The summed E-state index contributed by atoms with van der Waals surface area (Å²) in [6.07, 6.45) is 2.52. The van der Waals surface area contributed by atoms with Crippen LogP contribution in [0.5, 0.6) is 0 Å². The molecule has 2 amide bonds. The van der Waals surface area contributed by atoms with Crippen molar-refractivity contribution < 1.29 is 9.59 Å². The van der Waals surface area contributed by atoms with E-state index >= 15 is 0 Å². The van der Waals surface area contributed by atoms with Gasteiger partial charge in [-0.1, -0.05) is 24.3 Å². The topological polar surface area (TPSA) is 70.2 Å². The van der Waals surface area contributed by atoms with Crippen molar-refractivity contribution in [3.05, 3.63) is 35.4 Å². The third-order valence-electron chi connectivity index (χ3n) is 4.00. The molecule has 3 rings (SSSR count). The normalized spacial score (nSPS) is 20.5. The number of hydrogen-bond donors (Lipinski definition) is 3. The molecule has 1 fully saturated rings. The quantitative estimate of drug-likeness (QED) is 0.745. The number of nitrogens with one attached hydrogen (secondary N) is 3. The largest absolute Gasteiger partial charge is 0.355 e. The van der Waals surface area contributed by atoms with E-state index in [4.69, 9.17) is 0 Å². The second-order valence-electron chi connectivity index (χ2n) is 5.77. The van der Waals surface area contributed by atoms with Crippen molar-refractivity contribution in [2.24, 2.45) is 0 Å². The van der Waals surface area contributed by atoms with Crippen LogP contribution in [-0.2, 0) is 16.1 Å². The fraction of sp³-hybridized carbons (Fsp3) is 0.500. The van der Waals surface area contributed by atoms with Crippen molar-refractivity contribution >= 4 is 11.8 Å². The third kappa shape index (κ3) is 3.61. The summed E-state index contributed by atoms with van der Waals surface area (Å²) in [4.78, 5) is 23.9. The standard InChI is InChI=1S/C16H21N3O2/c20-15(19-12-5-6-12)7-8-18-16(21)14-10-17-9-11-3-1-2-4-13(11)14/h1-4,12,14,17H,5-10H2,(H,18,21)(H,19,20). The monoisotopic (exact) mass is 287 g/mol. The second-order valence-corrected chi connectivity index (χ2v) is 5.77. The lowest BCUT2D eigenvalue weighted by atomic mass is 9.90. The first-order valence-corrected chi connectivity index (χ1v) is 7.59. The van der Waals surface area contributed by atoms with Crippen LogP contribution in [0.2, 0.25) is 0 Å². The Morgan fingerprint density at radius 1 is 1.24 bits per heavy atom. The SMILES string of the molecule is O=C(CCNC(=O)C1CNCc2ccccc21)NC1CC1. The Hall–Kier alpha value is -1.88. The first-order valence-electron chi connectivity index (χ1n) is 7.59. The molecular formula is C16H21N3O2. The highest BCUT2D eigenvalue weighted by atomic mass is 16.2. The van der Waals surface area contributed by atoms with Gasteiger partial charge >= 0.3 is 0 Å². The number of fused-ring (bicyclic) bond motifs is 1. The first-order chi connectivity index (χ1) is 10.2. The van der Waals surface area contributed by atoms with Crippen LogP contribution in [0.4, 0.5) is 0 Å². The molecule has 1 atom stereocenters. The van der Waals surface area contributed by atoms with Crippen LogP contribution < -0.4 is 16.0 Å². The summed E-state index contributed by atoms with van der Waals surface area (Å²) in [5.41, 5.74) is 2.27. The van der Waals surface area contributed by atoms with Gasteiger partial charge in [-0.05, 0) is 24.0 Å². The molecule has 112 valence electrons. The zero-order valence-electron chi connectivity index (χ0n) is 12.0. The number of amides is 2. The molecule has 1 aromatic rings. The van der Waals surface area contributed by atoms with Gasteiger partial charge in [0.2, 0.25) is 11.8 Å². The number of hydrogen-bond acceptors (Lipinski definition) is 3. The maximum atomic E-state index is 12.3. The molecule has 5 heteroatoms. The lowest BCUT2D eigenvalue weighted by Gasteiger charge is -2.25. The molecule has 1 aliphatic heterocycles. The van der Waals surface area contributed by atoms with Crippen LogP contribution >= 0.6 is 0 Å². The average Bonchev–Trinajstić information content (AvgIpc) is 3.30. The summed E-state index contributed by atoms with van der Waals surface area (Å²) in [6, 6.07) is 8.39. The van der Waals surface area contributed by atoms with Crippen molar-refractivity contribution in [1.82, 2.24) is 16.0 Å². The highest BCUT2D eigenvalue weighted by Crippen LogP contribution is 2.23. The Morgan fingerprint density at radius 2 is 2.05 bits per heavy atom. The molecule has 0 aromatic heterocycles.